The second-order valence-corrected chi connectivity index (χ2v) is 4.68. The van der Waals surface area contributed by atoms with E-state index in [2.05, 4.69) is 20.7 Å². The van der Waals surface area contributed by atoms with E-state index in [0.717, 1.165) is 17.1 Å². The van der Waals surface area contributed by atoms with Gasteiger partial charge in [-0.25, -0.2) is 10.8 Å². The molecular formula is C14H19N5O. The highest BCUT2D eigenvalue weighted by atomic mass is 16.5. The Labute approximate surface area is 118 Å². The molecule has 0 atom stereocenters. The molecule has 4 N–H and O–H groups in total. The molecule has 0 aliphatic heterocycles. The fourth-order valence-corrected chi connectivity index (χ4v) is 1.73. The van der Waals surface area contributed by atoms with Crippen molar-refractivity contribution in [3.8, 4) is 5.75 Å². The van der Waals surface area contributed by atoms with Gasteiger partial charge in [-0.3, -0.25) is 5.43 Å². The van der Waals surface area contributed by atoms with Crippen molar-refractivity contribution < 1.29 is 4.74 Å². The van der Waals surface area contributed by atoms with Gasteiger partial charge in [-0.15, -0.1) is 0 Å². The van der Waals surface area contributed by atoms with Gasteiger partial charge in [0, 0.05) is 17.4 Å². The summed E-state index contributed by atoms with van der Waals surface area (Å²) in [6.07, 6.45) is 0.163. The van der Waals surface area contributed by atoms with Gasteiger partial charge in [-0.05, 0) is 45.0 Å². The van der Waals surface area contributed by atoms with Crippen molar-refractivity contribution in [2.75, 3.05) is 10.7 Å². The third kappa shape index (κ3) is 3.83. The monoisotopic (exact) mass is 273 g/mol. The van der Waals surface area contributed by atoms with Crippen molar-refractivity contribution >= 4 is 17.5 Å². The lowest BCUT2D eigenvalue weighted by Gasteiger charge is -2.11. The fourth-order valence-electron chi connectivity index (χ4n) is 1.73. The van der Waals surface area contributed by atoms with Crippen molar-refractivity contribution in [2.24, 2.45) is 5.84 Å². The van der Waals surface area contributed by atoms with Crippen molar-refractivity contribution in [2.45, 2.75) is 26.9 Å². The minimum absolute atomic E-state index is 0.163. The number of nitrogens with zero attached hydrogens (tertiary/aromatic N) is 2. The van der Waals surface area contributed by atoms with Crippen molar-refractivity contribution in [3.63, 3.8) is 0 Å². The number of anilines is 3. The van der Waals surface area contributed by atoms with Crippen molar-refractivity contribution in [1.29, 1.82) is 0 Å². The molecule has 0 aliphatic rings. The molecule has 0 bridgehead atoms. The topological polar surface area (TPSA) is 85.1 Å². The van der Waals surface area contributed by atoms with Gasteiger partial charge in [0.15, 0.2) is 0 Å². The van der Waals surface area contributed by atoms with Gasteiger partial charge < -0.3 is 10.1 Å². The Hall–Kier alpha value is -2.34. The summed E-state index contributed by atoms with van der Waals surface area (Å²) in [4.78, 5) is 8.36. The normalized spacial score (nSPS) is 10.4. The molecule has 2 aromatic rings. The molecule has 0 fully saturated rings. The Morgan fingerprint density at radius 3 is 2.45 bits per heavy atom. The van der Waals surface area contributed by atoms with E-state index < -0.39 is 0 Å². The third-order valence-corrected chi connectivity index (χ3v) is 2.48. The summed E-state index contributed by atoms with van der Waals surface area (Å²) in [5.74, 6) is 7.23. The molecule has 6 nitrogen and oxygen atoms in total. The van der Waals surface area contributed by atoms with E-state index in [1.165, 1.54) is 0 Å². The molecule has 1 heterocycles. The van der Waals surface area contributed by atoms with Crippen molar-refractivity contribution in [3.05, 3.63) is 36.0 Å². The highest BCUT2D eigenvalue weighted by molar-refractivity contribution is 5.58. The van der Waals surface area contributed by atoms with E-state index in [0.29, 0.717) is 11.8 Å². The lowest BCUT2D eigenvalue weighted by molar-refractivity contribution is 0.242. The molecule has 0 aliphatic carbocycles. The zero-order chi connectivity index (χ0) is 14.5. The Morgan fingerprint density at radius 2 is 1.85 bits per heavy atom. The average Bonchev–Trinajstić information content (AvgIpc) is 2.39. The summed E-state index contributed by atoms with van der Waals surface area (Å²) in [6.45, 7) is 5.88. The Balaban J connectivity index is 2.11. The number of nitrogen functional groups attached to an aromatic ring is 1. The van der Waals surface area contributed by atoms with Gasteiger partial charge in [-0.1, -0.05) is 0 Å². The van der Waals surface area contributed by atoms with E-state index in [9.17, 15) is 0 Å². The fraction of sp³-hybridized carbons (Fsp3) is 0.286. The van der Waals surface area contributed by atoms with E-state index in [1.807, 2.05) is 51.1 Å². The SMILES string of the molecule is Cc1cc(Nc2ccc(OC(C)C)cc2)nc(NN)n1. The van der Waals surface area contributed by atoms with Crippen LogP contribution in [-0.2, 0) is 0 Å². The quantitative estimate of drug-likeness (QED) is 0.573. The highest BCUT2D eigenvalue weighted by Crippen LogP contribution is 2.20. The molecule has 0 radical (unpaired) electrons. The molecule has 1 aromatic heterocycles. The van der Waals surface area contributed by atoms with Crippen LogP contribution in [0.1, 0.15) is 19.5 Å². The lowest BCUT2D eigenvalue weighted by Crippen LogP contribution is -2.11. The lowest BCUT2D eigenvalue weighted by atomic mass is 10.3. The first kappa shape index (κ1) is 14.1. The number of aryl methyl sites for hydroxylation is 1. The Morgan fingerprint density at radius 1 is 1.15 bits per heavy atom. The molecule has 0 unspecified atom stereocenters. The smallest absolute Gasteiger partial charge is 0.239 e. The molecule has 0 saturated heterocycles. The molecule has 1 aromatic carbocycles. The maximum Gasteiger partial charge on any atom is 0.239 e. The number of hydrogen-bond acceptors (Lipinski definition) is 6. The predicted molar refractivity (Wildman–Crippen MR) is 80.1 cm³/mol. The van der Waals surface area contributed by atoms with Crippen LogP contribution in [0.5, 0.6) is 5.75 Å². The minimum Gasteiger partial charge on any atom is -0.491 e. The summed E-state index contributed by atoms with van der Waals surface area (Å²) in [5.41, 5.74) is 4.19. The number of aromatic nitrogens is 2. The minimum atomic E-state index is 0.163. The molecule has 0 amide bonds. The van der Waals surface area contributed by atoms with Crippen LogP contribution in [0.3, 0.4) is 0 Å². The Bertz CT molecular complexity index is 568. The molecular weight excluding hydrogens is 254 g/mol. The molecule has 6 heteroatoms. The molecule has 106 valence electrons. The highest BCUT2D eigenvalue weighted by Gasteiger charge is 2.02. The number of nitrogens with two attached hydrogens (primary N) is 1. The maximum atomic E-state index is 5.60. The number of rotatable bonds is 5. The van der Waals surface area contributed by atoms with E-state index in [-0.39, 0.29) is 6.10 Å². The largest absolute Gasteiger partial charge is 0.491 e. The summed E-state index contributed by atoms with van der Waals surface area (Å²) < 4.78 is 5.60. The zero-order valence-corrected chi connectivity index (χ0v) is 11.8. The van der Waals surface area contributed by atoms with Crippen LogP contribution in [0.25, 0.3) is 0 Å². The number of nitrogens with one attached hydrogen (secondary N) is 2. The standard InChI is InChI=1S/C14H19N5O/c1-9(2)20-12-6-4-11(5-7-12)17-13-8-10(3)16-14(18-13)19-15/h4-9H,15H2,1-3H3,(H2,16,17,18,19). The summed E-state index contributed by atoms with van der Waals surface area (Å²) in [5, 5.41) is 3.20. The van der Waals surface area contributed by atoms with E-state index >= 15 is 0 Å². The molecule has 0 spiro atoms. The Kier molecular flexibility index (Phi) is 4.37. The van der Waals surface area contributed by atoms with Crippen LogP contribution in [0.15, 0.2) is 30.3 Å². The van der Waals surface area contributed by atoms with Crippen LogP contribution in [0.2, 0.25) is 0 Å². The third-order valence-electron chi connectivity index (χ3n) is 2.48. The summed E-state index contributed by atoms with van der Waals surface area (Å²) in [7, 11) is 0. The van der Waals surface area contributed by atoms with Gasteiger partial charge >= 0.3 is 0 Å². The number of ether oxygens (including phenoxy) is 1. The first-order chi connectivity index (χ1) is 9.56. The van der Waals surface area contributed by atoms with Gasteiger partial charge in [0.1, 0.15) is 11.6 Å². The van der Waals surface area contributed by atoms with Gasteiger partial charge in [-0.2, -0.15) is 4.98 Å². The van der Waals surface area contributed by atoms with Crippen LogP contribution in [0, 0.1) is 6.92 Å². The second kappa shape index (κ2) is 6.21. The van der Waals surface area contributed by atoms with Gasteiger partial charge in [0.05, 0.1) is 6.10 Å². The number of benzene rings is 1. The van der Waals surface area contributed by atoms with E-state index in [4.69, 9.17) is 10.6 Å². The average molecular weight is 273 g/mol. The number of hydrogen-bond donors (Lipinski definition) is 3. The molecule has 20 heavy (non-hydrogen) atoms. The van der Waals surface area contributed by atoms with Gasteiger partial charge in [0.25, 0.3) is 0 Å². The number of hydrazine groups is 1. The molecule has 0 saturated carbocycles. The maximum absolute atomic E-state index is 5.60. The van der Waals surface area contributed by atoms with E-state index in [1.54, 1.807) is 0 Å². The zero-order valence-electron chi connectivity index (χ0n) is 11.8. The summed E-state index contributed by atoms with van der Waals surface area (Å²) >= 11 is 0. The first-order valence-corrected chi connectivity index (χ1v) is 6.43. The predicted octanol–water partition coefficient (Wildman–Crippen LogP) is 2.60. The van der Waals surface area contributed by atoms with Crippen LogP contribution in [0.4, 0.5) is 17.5 Å². The van der Waals surface area contributed by atoms with Crippen LogP contribution < -0.4 is 21.3 Å². The first-order valence-electron chi connectivity index (χ1n) is 6.43. The summed E-state index contributed by atoms with van der Waals surface area (Å²) in [6, 6.07) is 9.55. The van der Waals surface area contributed by atoms with Crippen molar-refractivity contribution in [1.82, 2.24) is 9.97 Å². The second-order valence-electron chi connectivity index (χ2n) is 4.68. The van der Waals surface area contributed by atoms with Gasteiger partial charge in [0.2, 0.25) is 5.95 Å². The molecule has 2 rings (SSSR count). The van der Waals surface area contributed by atoms with Crippen LogP contribution in [-0.4, -0.2) is 16.1 Å². The van der Waals surface area contributed by atoms with Crippen LogP contribution >= 0.6 is 0 Å².